The zero-order valence-corrected chi connectivity index (χ0v) is 17.6. The van der Waals surface area contributed by atoms with Crippen LogP contribution in [0.15, 0.2) is 71.6 Å². The van der Waals surface area contributed by atoms with Crippen molar-refractivity contribution in [2.45, 2.75) is 31.8 Å². The van der Waals surface area contributed by atoms with Gasteiger partial charge in [-0.25, -0.2) is 8.42 Å². The van der Waals surface area contributed by atoms with E-state index in [2.05, 4.69) is 12.1 Å². The van der Waals surface area contributed by atoms with Crippen LogP contribution < -0.4 is 0 Å². The maximum Gasteiger partial charge on any atom is 0.243 e. The SMILES string of the molecule is Cc1ccc(S(=O)(=O)N(Cc2cccc(C#N)c2)Cc2cccc(C#N)c2)cc1C. The first kappa shape index (κ1) is 21.3. The van der Waals surface area contributed by atoms with Crippen molar-refractivity contribution in [1.82, 2.24) is 4.31 Å². The number of hydrogen-bond acceptors (Lipinski definition) is 4. The van der Waals surface area contributed by atoms with E-state index in [1.807, 2.05) is 13.8 Å². The maximum absolute atomic E-state index is 13.5. The van der Waals surface area contributed by atoms with Crippen LogP contribution in [0, 0.1) is 36.5 Å². The molecule has 0 aliphatic rings. The van der Waals surface area contributed by atoms with Gasteiger partial charge in [0, 0.05) is 13.1 Å². The molecule has 3 rings (SSSR count). The molecule has 0 spiro atoms. The standard InChI is InChI=1S/C24H21N3O2S/c1-18-9-10-24(11-19(18)2)30(28,29)27(16-22-7-3-5-20(12-22)14-25)17-23-8-4-6-21(13-23)15-26/h3-13H,16-17H2,1-2H3. The van der Waals surface area contributed by atoms with Crippen LogP contribution in [0.25, 0.3) is 0 Å². The van der Waals surface area contributed by atoms with Gasteiger partial charge in [0.25, 0.3) is 0 Å². The van der Waals surface area contributed by atoms with Gasteiger partial charge >= 0.3 is 0 Å². The van der Waals surface area contributed by atoms with E-state index in [0.717, 1.165) is 22.3 Å². The summed E-state index contributed by atoms with van der Waals surface area (Å²) in [4.78, 5) is 0.221. The van der Waals surface area contributed by atoms with Gasteiger partial charge in [0.1, 0.15) is 0 Å². The molecule has 5 nitrogen and oxygen atoms in total. The van der Waals surface area contributed by atoms with Crippen LogP contribution in [0.4, 0.5) is 0 Å². The molecule has 0 amide bonds. The Morgan fingerprint density at radius 1 is 0.767 bits per heavy atom. The second-order valence-corrected chi connectivity index (χ2v) is 9.08. The lowest BCUT2D eigenvalue weighted by atomic mass is 10.1. The molecule has 30 heavy (non-hydrogen) atoms. The van der Waals surface area contributed by atoms with E-state index in [9.17, 15) is 18.9 Å². The predicted octanol–water partition coefficient (Wildman–Crippen LogP) is 4.44. The molecule has 0 bridgehead atoms. The molecule has 0 aliphatic heterocycles. The minimum absolute atomic E-state index is 0.113. The van der Waals surface area contributed by atoms with Gasteiger partial charge in [0.15, 0.2) is 0 Å². The number of sulfonamides is 1. The summed E-state index contributed by atoms with van der Waals surface area (Å²) in [6.45, 7) is 4.04. The lowest BCUT2D eigenvalue weighted by Gasteiger charge is -2.23. The molecular weight excluding hydrogens is 394 g/mol. The molecular formula is C24H21N3O2S. The van der Waals surface area contributed by atoms with E-state index in [0.29, 0.717) is 11.1 Å². The quantitative estimate of drug-likeness (QED) is 0.596. The summed E-state index contributed by atoms with van der Waals surface area (Å²) in [7, 11) is -3.81. The third-order valence-electron chi connectivity index (χ3n) is 4.95. The van der Waals surface area contributed by atoms with E-state index in [1.54, 1.807) is 66.7 Å². The van der Waals surface area contributed by atoms with Crippen LogP contribution in [0.1, 0.15) is 33.4 Å². The maximum atomic E-state index is 13.5. The fourth-order valence-corrected chi connectivity index (χ4v) is 4.64. The number of aryl methyl sites for hydroxylation is 2. The van der Waals surface area contributed by atoms with E-state index in [4.69, 9.17) is 0 Å². The van der Waals surface area contributed by atoms with Crippen molar-refractivity contribution in [3.05, 3.63) is 100 Å². The summed E-state index contributed by atoms with van der Waals surface area (Å²) in [6, 6.07) is 23.1. The van der Waals surface area contributed by atoms with Crippen LogP contribution in [0.5, 0.6) is 0 Å². The molecule has 0 saturated carbocycles. The van der Waals surface area contributed by atoms with Gasteiger partial charge in [-0.1, -0.05) is 30.3 Å². The van der Waals surface area contributed by atoms with Gasteiger partial charge in [-0.2, -0.15) is 14.8 Å². The van der Waals surface area contributed by atoms with E-state index >= 15 is 0 Å². The van der Waals surface area contributed by atoms with Crippen molar-refractivity contribution >= 4 is 10.0 Å². The molecule has 0 N–H and O–H groups in total. The highest BCUT2D eigenvalue weighted by atomic mass is 32.2. The monoisotopic (exact) mass is 415 g/mol. The molecule has 3 aromatic carbocycles. The normalized spacial score (nSPS) is 11.1. The number of rotatable bonds is 6. The van der Waals surface area contributed by atoms with Crippen molar-refractivity contribution < 1.29 is 8.42 Å². The minimum atomic E-state index is -3.81. The number of hydrogen-bond donors (Lipinski definition) is 0. The Balaban J connectivity index is 2.04. The van der Waals surface area contributed by atoms with E-state index < -0.39 is 10.0 Å². The van der Waals surface area contributed by atoms with E-state index in [-0.39, 0.29) is 18.0 Å². The summed E-state index contributed by atoms with van der Waals surface area (Å²) in [6.07, 6.45) is 0. The second-order valence-electron chi connectivity index (χ2n) is 7.14. The van der Waals surface area contributed by atoms with Gasteiger partial charge in [0.05, 0.1) is 28.2 Å². The predicted molar refractivity (Wildman–Crippen MR) is 115 cm³/mol. The van der Waals surface area contributed by atoms with E-state index in [1.165, 1.54) is 4.31 Å². The van der Waals surface area contributed by atoms with Gasteiger partial charge < -0.3 is 0 Å². The lowest BCUT2D eigenvalue weighted by Crippen LogP contribution is -2.30. The van der Waals surface area contributed by atoms with Crippen LogP contribution in [0.2, 0.25) is 0 Å². The molecule has 150 valence electrons. The smallest absolute Gasteiger partial charge is 0.207 e. The third kappa shape index (κ3) is 4.75. The minimum Gasteiger partial charge on any atom is -0.207 e. The largest absolute Gasteiger partial charge is 0.243 e. The molecule has 0 aliphatic carbocycles. The van der Waals surface area contributed by atoms with Crippen molar-refractivity contribution in [3.63, 3.8) is 0 Å². The molecule has 0 saturated heterocycles. The van der Waals surface area contributed by atoms with Crippen LogP contribution >= 0.6 is 0 Å². The fraction of sp³-hybridized carbons (Fsp3) is 0.167. The lowest BCUT2D eigenvalue weighted by molar-refractivity contribution is 0.401. The molecule has 0 radical (unpaired) electrons. The molecule has 6 heteroatoms. The van der Waals surface area contributed by atoms with Crippen molar-refractivity contribution in [2.24, 2.45) is 0 Å². The highest BCUT2D eigenvalue weighted by Crippen LogP contribution is 2.24. The molecule has 0 fully saturated rings. The highest BCUT2D eigenvalue weighted by molar-refractivity contribution is 7.89. The van der Waals surface area contributed by atoms with Gasteiger partial charge in [0.2, 0.25) is 10.0 Å². The first-order valence-electron chi connectivity index (χ1n) is 9.39. The van der Waals surface area contributed by atoms with Crippen LogP contribution in [0.3, 0.4) is 0 Å². The average molecular weight is 416 g/mol. The highest BCUT2D eigenvalue weighted by Gasteiger charge is 2.25. The Kier molecular flexibility index (Phi) is 6.32. The zero-order chi connectivity index (χ0) is 21.7. The van der Waals surface area contributed by atoms with Gasteiger partial charge in [-0.3, -0.25) is 0 Å². The van der Waals surface area contributed by atoms with Crippen LogP contribution in [-0.4, -0.2) is 12.7 Å². The Morgan fingerprint density at radius 2 is 1.30 bits per heavy atom. The van der Waals surface area contributed by atoms with Crippen molar-refractivity contribution in [3.8, 4) is 12.1 Å². The Labute approximate surface area is 177 Å². The van der Waals surface area contributed by atoms with Crippen LogP contribution in [-0.2, 0) is 23.1 Å². The van der Waals surface area contributed by atoms with Gasteiger partial charge in [-0.05, 0) is 72.5 Å². The zero-order valence-electron chi connectivity index (χ0n) is 16.8. The molecule has 0 unspecified atom stereocenters. The summed E-state index contributed by atoms with van der Waals surface area (Å²) >= 11 is 0. The topological polar surface area (TPSA) is 85.0 Å². The summed E-state index contributed by atoms with van der Waals surface area (Å²) < 4.78 is 28.4. The summed E-state index contributed by atoms with van der Waals surface area (Å²) in [5, 5.41) is 18.3. The van der Waals surface area contributed by atoms with Crippen molar-refractivity contribution in [1.29, 1.82) is 10.5 Å². The third-order valence-corrected chi connectivity index (χ3v) is 6.73. The first-order chi connectivity index (χ1) is 14.3. The Morgan fingerprint density at radius 3 is 1.77 bits per heavy atom. The number of benzene rings is 3. The molecule has 0 atom stereocenters. The molecule has 3 aromatic rings. The number of nitrogens with zero attached hydrogens (tertiary/aromatic N) is 3. The Hall–Kier alpha value is -3.45. The molecule has 0 heterocycles. The van der Waals surface area contributed by atoms with Gasteiger partial charge in [-0.15, -0.1) is 0 Å². The first-order valence-corrected chi connectivity index (χ1v) is 10.8. The Bertz CT molecular complexity index is 1210. The fourth-order valence-electron chi connectivity index (χ4n) is 3.14. The molecule has 0 aromatic heterocycles. The van der Waals surface area contributed by atoms with Crippen molar-refractivity contribution in [2.75, 3.05) is 0 Å². The average Bonchev–Trinajstić information content (AvgIpc) is 2.75. The summed E-state index contributed by atoms with van der Waals surface area (Å²) in [5.41, 5.74) is 4.30. The number of nitriles is 2. The summed E-state index contributed by atoms with van der Waals surface area (Å²) in [5.74, 6) is 0. The second kappa shape index (κ2) is 8.92.